The molecular weight excluding hydrogens is 204 g/mol. The number of hydrogen-bond acceptors (Lipinski definition) is 3. The summed E-state index contributed by atoms with van der Waals surface area (Å²) in [6.07, 6.45) is 2.57. The molecule has 92 valence electrons. The second-order valence-corrected chi connectivity index (χ2v) is 4.97. The molecule has 16 heavy (non-hydrogen) atoms. The first kappa shape index (κ1) is 11.9. The highest BCUT2D eigenvalue weighted by molar-refractivity contribution is 5.79. The number of nitrogens with one attached hydrogen (secondary N) is 1. The van der Waals surface area contributed by atoms with Crippen molar-refractivity contribution in [1.82, 2.24) is 10.2 Å². The van der Waals surface area contributed by atoms with Crippen molar-refractivity contribution in [3.63, 3.8) is 0 Å². The van der Waals surface area contributed by atoms with Gasteiger partial charge in [0.05, 0.1) is 19.1 Å². The zero-order valence-electron chi connectivity index (χ0n) is 10.2. The summed E-state index contributed by atoms with van der Waals surface area (Å²) < 4.78 is 5.40. The van der Waals surface area contributed by atoms with Gasteiger partial charge in [-0.3, -0.25) is 4.79 Å². The van der Waals surface area contributed by atoms with Crippen molar-refractivity contribution >= 4 is 5.91 Å². The molecule has 2 rings (SSSR count). The first-order valence-electron chi connectivity index (χ1n) is 6.28. The highest BCUT2D eigenvalue weighted by atomic mass is 16.5. The zero-order chi connectivity index (χ0) is 11.5. The Hall–Kier alpha value is -0.610. The van der Waals surface area contributed by atoms with E-state index in [9.17, 15) is 4.79 Å². The topological polar surface area (TPSA) is 41.6 Å². The first-order chi connectivity index (χ1) is 7.72. The molecule has 2 aliphatic rings. The number of carbonyl (C=O) groups excluding carboxylic acids is 1. The lowest BCUT2D eigenvalue weighted by Crippen LogP contribution is -2.45. The molecule has 2 atom stereocenters. The van der Waals surface area contributed by atoms with Crippen LogP contribution >= 0.6 is 0 Å². The molecule has 0 aromatic heterocycles. The van der Waals surface area contributed by atoms with Gasteiger partial charge in [0.2, 0.25) is 5.91 Å². The Labute approximate surface area is 97.3 Å². The van der Waals surface area contributed by atoms with Crippen molar-refractivity contribution in [2.75, 3.05) is 33.4 Å². The number of amides is 1. The van der Waals surface area contributed by atoms with Gasteiger partial charge in [-0.25, -0.2) is 0 Å². The molecule has 1 aliphatic carbocycles. The third kappa shape index (κ3) is 2.74. The number of ether oxygens (including phenoxy) is 1. The van der Waals surface area contributed by atoms with Gasteiger partial charge >= 0.3 is 0 Å². The van der Waals surface area contributed by atoms with Crippen LogP contribution in [0.5, 0.6) is 0 Å². The van der Waals surface area contributed by atoms with E-state index in [1.54, 1.807) is 0 Å². The lowest BCUT2D eigenvalue weighted by molar-refractivity contribution is -0.134. The van der Waals surface area contributed by atoms with Crippen molar-refractivity contribution in [1.29, 1.82) is 0 Å². The molecule has 1 saturated heterocycles. The Bertz CT molecular complexity index is 253. The third-order valence-electron chi connectivity index (χ3n) is 3.47. The predicted molar refractivity (Wildman–Crippen MR) is 62.1 cm³/mol. The first-order valence-corrected chi connectivity index (χ1v) is 6.28. The summed E-state index contributed by atoms with van der Waals surface area (Å²) in [4.78, 5) is 14.1. The van der Waals surface area contributed by atoms with Crippen LogP contribution < -0.4 is 5.32 Å². The van der Waals surface area contributed by atoms with E-state index in [2.05, 4.69) is 12.2 Å². The van der Waals surface area contributed by atoms with E-state index < -0.39 is 0 Å². The maximum absolute atomic E-state index is 12.2. The molecule has 0 spiro atoms. The maximum Gasteiger partial charge on any atom is 0.229 e. The number of likely N-dealkylation sites (N-methyl/N-ethyl adjacent to an activating group) is 1. The lowest BCUT2D eigenvalue weighted by atomic mass is 10.0. The molecule has 1 saturated carbocycles. The summed E-state index contributed by atoms with van der Waals surface area (Å²) >= 11 is 0. The van der Waals surface area contributed by atoms with Crippen LogP contribution in [0.3, 0.4) is 0 Å². The molecule has 2 unspecified atom stereocenters. The largest absolute Gasteiger partial charge is 0.379 e. The molecule has 1 amide bonds. The Kier molecular flexibility index (Phi) is 3.82. The van der Waals surface area contributed by atoms with Gasteiger partial charge in [0, 0.05) is 19.6 Å². The Balaban J connectivity index is 1.86. The highest BCUT2D eigenvalue weighted by Crippen LogP contribution is 2.30. The minimum Gasteiger partial charge on any atom is -0.379 e. The van der Waals surface area contributed by atoms with Crippen LogP contribution in [-0.4, -0.2) is 50.2 Å². The van der Waals surface area contributed by atoms with Gasteiger partial charge < -0.3 is 15.0 Å². The fraction of sp³-hybridized carbons (Fsp3) is 0.917. The van der Waals surface area contributed by atoms with Crippen LogP contribution in [0.2, 0.25) is 0 Å². The van der Waals surface area contributed by atoms with Crippen LogP contribution in [0.4, 0.5) is 0 Å². The smallest absolute Gasteiger partial charge is 0.229 e. The average molecular weight is 226 g/mol. The number of rotatable bonds is 5. The van der Waals surface area contributed by atoms with Crippen LogP contribution in [0.15, 0.2) is 0 Å². The van der Waals surface area contributed by atoms with E-state index in [-0.39, 0.29) is 17.9 Å². The van der Waals surface area contributed by atoms with Gasteiger partial charge in [0.25, 0.3) is 0 Å². The van der Waals surface area contributed by atoms with E-state index in [1.165, 1.54) is 12.8 Å². The van der Waals surface area contributed by atoms with Crippen molar-refractivity contribution in [2.45, 2.75) is 25.8 Å². The van der Waals surface area contributed by atoms with Gasteiger partial charge in [0.15, 0.2) is 0 Å². The van der Waals surface area contributed by atoms with Gasteiger partial charge in [-0.2, -0.15) is 0 Å². The Morgan fingerprint density at radius 1 is 1.44 bits per heavy atom. The van der Waals surface area contributed by atoms with E-state index in [0.717, 1.165) is 19.0 Å². The van der Waals surface area contributed by atoms with E-state index in [0.29, 0.717) is 13.2 Å². The number of carbonyl (C=O) groups is 1. The van der Waals surface area contributed by atoms with E-state index in [1.807, 2.05) is 11.9 Å². The Morgan fingerprint density at radius 2 is 2.19 bits per heavy atom. The minimum absolute atomic E-state index is 0.0173. The average Bonchev–Trinajstić information content (AvgIpc) is 2.95. The quantitative estimate of drug-likeness (QED) is 0.741. The molecule has 4 heteroatoms. The minimum atomic E-state index is 0.0173. The van der Waals surface area contributed by atoms with Crippen molar-refractivity contribution in [3.05, 3.63) is 0 Å². The number of nitrogens with zero attached hydrogens (tertiary/aromatic N) is 1. The van der Waals surface area contributed by atoms with Gasteiger partial charge in [-0.05, 0) is 25.3 Å². The molecule has 0 radical (unpaired) electrons. The fourth-order valence-electron chi connectivity index (χ4n) is 2.32. The van der Waals surface area contributed by atoms with Crippen LogP contribution in [0, 0.1) is 11.8 Å². The summed E-state index contributed by atoms with van der Waals surface area (Å²) in [6, 6.07) is 0.208. The molecule has 4 nitrogen and oxygen atoms in total. The monoisotopic (exact) mass is 226 g/mol. The van der Waals surface area contributed by atoms with Crippen molar-refractivity contribution < 1.29 is 9.53 Å². The van der Waals surface area contributed by atoms with Crippen LogP contribution in [-0.2, 0) is 9.53 Å². The summed E-state index contributed by atoms with van der Waals surface area (Å²) in [6.45, 7) is 5.12. The molecule has 1 heterocycles. The third-order valence-corrected chi connectivity index (χ3v) is 3.47. The van der Waals surface area contributed by atoms with Gasteiger partial charge in [-0.1, -0.05) is 6.92 Å². The normalized spacial score (nSPS) is 29.4. The van der Waals surface area contributed by atoms with Gasteiger partial charge in [-0.15, -0.1) is 0 Å². The maximum atomic E-state index is 12.2. The molecule has 0 aromatic carbocycles. The van der Waals surface area contributed by atoms with Crippen molar-refractivity contribution in [3.8, 4) is 0 Å². The van der Waals surface area contributed by atoms with E-state index in [4.69, 9.17) is 4.74 Å². The second kappa shape index (κ2) is 5.15. The molecular formula is C12H22N2O2. The number of hydrogen-bond donors (Lipinski definition) is 1. The molecule has 0 aromatic rings. The van der Waals surface area contributed by atoms with Gasteiger partial charge in [0.1, 0.15) is 0 Å². The predicted octanol–water partition coefficient (Wildman–Crippen LogP) is 0.479. The highest BCUT2D eigenvalue weighted by Gasteiger charge is 2.36. The fourth-order valence-corrected chi connectivity index (χ4v) is 2.32. The molecule has 2 fully saturated rings. The summed E-state index contributed by atoms with van der Waals surface area (Å²) in [7, 11) is 1.92. The zero-order valence-corrected chi connectivity index (χ0v) is 10.2. The molecule has 1 N–H and O–H groups in total. The Morgan fingerprint density at radius 3 is 2.81 bits per heavy atom. The van der Waals surface area contributed by atoms with E-state index >= 15 is 0 Å². The summed E-state index contributed by atoms with van der Waals surface area (Å²) in [5, 5.41) is 3.33. The SMILES string of the molecule is CCNC1COCC1C(=O)N(C)CC1CC1. The lowest BCUT2D eigenvalue weighted by Gasteiger charge is -2.24. The van der Waals surface area contributed by atoms with Crippen LogP contribution in [0.25, 0.3) is 0 Å². The van der Waals surface area contributed by atoms with Crippen LogP contribution in [0.1, 0.15) is 19.8 Å². The second-order valence-electron chi connectivity index (χ2n) is 4.97. The standard InChI is InChI=1S/C12H22N2O2/c1-3-13-11-8-16-7-10(11)12(15)14(2)6-9-4-5-9/h9-11,13H,3-8H2,1-2H3. The summed E-state index contributed by atoms with van der Waals surface area (Å²) in [5.41, 5.74) is 0. The molecule has 1 aliphatic heterocycles. The molecule has 0 bridgehead atoms. The van der Waals surface area contributed by atoms with Crippen molar-refractivity contribution in [2.24, 2.45) is 11.8 Å². The summed E-state index contributed by atoms with van der Waals surface area (Å²) in [5.74, 6) is 1.02.